The highest BCUT2D eigenvalue weighted by Crippen LogP contribution is 2.29. The minimum absolute atomic E-state index is 0.160. The molecule has 0 saturated heterocycles. The van der Waals surface area contributed by atoms with Crippen molar-refractivity contribution in [2.45, 2.75) is 38.1 Å². The molecule has 1 N–H and O–H groups in total. The second-order valence-electron chi connectivity index (χ2n) is 4.40. The number of hydrogen-bond acceptors (Lipinski definition) is 4. The minimum atomic E-state index is 0.160. The van der Waals surface area contributed by atoms with Gasteiger partial charge >= 0.3 is 0 Å². The third-order valence-electron chi connectivity index (χ3n) is 3.28. The van der Waals surface area contributed by atoms with Gasteiger partial charge in [0, 0.05) is 18.8 Å². The van der Waals surface area contributed by atoms with Gasteiger partial charge in [0.25, 0.3) is 0 Å². The predicted molar refractivity (Wildman–Crippen MR) is 71.0 cm³/mol. The van der Waals surface area contributed by atoms with Gasteiger partial charge in [-0.2, -0.15) is 0 Å². The predicted octanol–water partition coefficient (Wildman–Crippen LogP) is 2.37. The first-order chi connectivity index (χ1) is 8.33. The summed E-state index contributed by atoms with van der Waals surface area (Å²) in [6, 6.07) is 0.502. The molecule has 0 bridgehead atoms. The number of aliphatic hydroxyl groups is 1. The molecule has 0 amide bonds. The molecule has 0 aliphatic heterocycles. The van der Waals surface area contributed by atoms with Crippen LogP contribution in [0.5, 0.6) is 0 Å². The lowest BCUT2D eigenvalue weighted by molar-refractivity contribution is 0.289. The molecule has 0 radical (unpaired) electrons. The molecule has 0 unspecified atom stereocenters. The van der Waals surface area contributed by atoms with E-state index in [-0.39, 0.29) is 6.61 Å². The molecule has 1 saturated carbocycles. The fourth-order valence-electron chi connectivity index (χ4n) is 2.48. The van der Waals surface area contributed by atoms with E-state index < -0.39 is 0 Å². The van der Waals surface area contributed by atoms with Crippen molar-refractivity contribution in [1.82, 2.24) is 9.97 Å². The fourth-order valence-corrected chi connectivity index (χ4v) is 2.93. The van der Waals surface area contributed by atoms with E-state index in [1.165, 1.54) is 32.1 Å². The molecular formula is C12H18BrN3O. The third kappa shape index (κ3) is 3.16. The molecule has 1 aromatic heterocycles. The van der Waals surface area contributed by atoms with E-state index in [0.717, 1.165) is 10.3 Å². The van der Waals surface area contributed by atoms with Gasteiger partial charge in [0.05, 0.1) is 11.1 Å². The van der Waals surface area contributed by atoms with Crippen LogP contribution >= 0.6 is 15.9 Å². The summed E-state index contributed by atoms with van der Waals surface area (Å²) in [5, 5.41) is 9.22. The van der Waals surface area contributed by atoms with Gasteiger partial charge in [0.15, 0.2) is 0 Å². The van der Waals surface area contributed by atoms with Crippen molar-refractivity contribution in [2.75, 3.05) is 18.1 Å². The fraction of sp³-hybridized carbons (Fsp3) is 0.667. The van der Waals surface area contributed by atoms with Gasteiger partial charge in [-0.05, 0) is 28.8 Å². The number of rotatable bonds is 4. The summed E-state index contributed by atoms with van der Waals surface area (Å²) in [7, 11) is 0. The number of aliphatic hydroxyl groups excluding tert-OH is 1. The van der Waals surface area contributed by atoms with Crippen LogP contribution < -0.4 is 4.90 Å². The number of aromatic nitrogens is 2. The van der Waals surface area contributed by atoms with E-state index >= 15 is 0 Å². The molecule has 0 atom stereocenters. The van der Waals surface area contributed by atoms with Gasteiger partial charge < -0.3 is 10.0 Å². The first-order valence-electron chi connectivity index (χ1n) is 6.16. The molecular weight excluding hydrogens is 282 g/mol. The summed E-state index contributed by atoms with van der Waals surface area (Å²) >= 11 is 3.49. The maximum absolute atomic E-state index is 9.22. The Morgan fingerprint density at radius 2 is 2.12 bits per heavy atom. The summed E-state index contributed by atoms with van der Waals surface area (Å²) in [6.07, 6.45) is 9.58. The molecule has 17 heavy (non-hydrogen) atoms. The van der Waals surface area contributed by atoms with Gasteiger partial charge in [0.2, 0.25) is 0 Å². The molecule has 0 spiro atoms. The Balaban J connectivity index is 2.18. The molecule has 1 heterocycles. The lowest BCUT2D eigenvalue weighted by Crippen LogP contribution is -2.39. The first kappa shape index (κ1) is 12.8. The number of anilines is 1. The van der Waals surface area contributed by atoms with Gasteiger partial charge in [-0.25, -0.2) is 9.97 Å². The summed E-state index contributed by atoms with van der Waals surface area (Å²) < 4.78 is 0.902. The average Bonchev–Trinajstić information content (AvgIpc) is 2.38. The van der Waals surface area contributed by atoms with E-state index in [2.05, 4.69) is 30.8 Å². The van der Waals surface area contributed by atoms with Crippen LogP contribution in [0.25, 0.3) is 0 Å². The van der Waals surface area contributed by atoms with E-state index in [0.29, 0.717) is 12.6 Å². The Kier molecular flexibility index (Phi) is 4.74. The standard InChI is InChI=1S/C12H18BrN3O/c13-11-8-14-9-15-12(11)16(6-7-17)10-4-2-1-3-5-10/h8-10,17H,1-7H2. The first-order valence-corrected chi connectivity index (χ1v) is 6.95. The highest BCUT2D eigenvalue weighted by molar-refractivity contribution is 9.10. The Hall–Kier alpha value is -0.680. The van der Waals surface area contributed by atoms with Crippen LogP contribution in [-0.2, 0) is 0 Å². The SMILES string of the molecule is OCCN(c1ncncc1Br)C1CCCCC1. The molecule has 4 nitrogen and oxygen atoms in total. The van der Waals surface area contributed by atoms with Crippen LogP contribution in [0, 0.1) is 0 Å². The molecule has 1 fully saturated rings. The van der Waals surface area contributed by atoms with E-state index in [9.17, 15) is 5.11 Å². The monoisotopic (exact) mass is 299 g/mol. The van der Waals surface area contributed by atoms with Crippen LogP contribution in [0.15, 0.2) is 17.0 Å². The van der Waals surface area contributed by atoms with Gasteiger partial charge in [-0.1, -0.05) is 19.3 Å². The number of nitrogens with zero attached hydrogens (tertiary/aromatic N) is 3. The average molecular weight is 300 g/mol. The molecule has 5 heteroatoms. The molecule has 1 aromatic rings. The molecule has 1 aliphatic rings. The zero-order chi connectivity index (χ0) is 12.1. The second kappa shape index (κ2) is 6.31. The summed E-state index contributed by atoms with van der Waals surface area (Å²) in [5.41, 5.74) is 0. The summed E-state index contributed by atoms with van der Waals surface area (Å²) in [4.78, 5) is 10.5. The molecule has 94 valence electrons. The van der Waals surface area contributed by atoms with Crippen molar-refractivity contribution in [3.63, 3.8) is 0 Å². The van der Waals surface area contributed by atoms with Crippen LogP contribution in [0.2, 0.25) is 0 Å². The van der Waals surface area contributed by atoms with Crippen molar-refractivity contribution in [3.8, 4) is 0 Å². The van der Waals surface area contributed by atoms with E-state index in [1.54, 1.807) is 12.5 Å². The second-order valence-corrected chi connectivity index (χ2v) is 5.26. The van der Waals surface area contributed by atoms with Crippen molar-refractivity contribution in [2.24, 2.45) is 0 Å². The zero-order valence-corrected chi connectivity index (χ0v) is 11.4. The summed E-state index contributed by atoms with van der Waals surface area (Å²) in [5.74, 6) is 0.904. The molecule has 2 rings (SSSR count). The van der Waals surface area contributed by atoms with Crippen molar-refractivity contribution in [1.29, 1.82) is 0 Å². The van der Waals surface area contributed by atoms with Crippen molar-refractivity contribution in [3.05, 3.63) is 17.0 Å². The Morgan fingerprint density at radius 3 is 2.76 bits per heavy atom. The minimum Gasteiger partial charge on any atom is -0.395 e. The Labute approximate surface area is 110 Å². The van der Waals surface area contributed by atoms with E-state index in [4.69, 9.17) is 0 Å². The highest BCUT2D eigenvalue weighted by Gasteiger charge is 2.23. The maximum atomic E-state index is 9.22. The van der Waals surface area contributed by atoms with Crippen molar-refractivity contribution >= 4 is 21.7 Å². The molecule has 1 aliphatic carbocycles. The Bertz CT molecular complexity index is 355. The van der Waals surface area contributed by atoms with Crippen LogP contribution in [0.1, 0.15) is 32.1 Å². The van der Waals surface area contributed by atoms with Crippen LogP contribution in [0.4, 0.5) is 5.82 Å². The number of hydrogen-bond donors (Lipinski definition) is 1. The van der Waals surface area contributed by atoms with Crippen LogP contribution in [-0.4, -0.2) is 34.3 Å². The number of halogens is 1. The summed E-state index contributed by atoms with van der Waals surface area (Å²) in [6.45, 7) is 0.799. The molecule has 0 aromatic carbocycles. The quantitative estimate of drug-likeness (QED) is 0.927. The third-order valence-corrected chi connectivity index (χ3v) is 3.84. The van der Waals surface area contributed by atoms with Gasteiger partial charge in [-0.15, -0.1) is 0 Å². The van der Waals surface area contributed by atoms with Crippen molar-refractivity contribution < 1.29 is 5.11 Å². The van der Waals surface area contributed by atoms with E-state index in [1.807, 2.05) is 0 Å². The normalized spacial score (nSPS) is 17.1. The maximum Gasteiger partial charge on any atom is 0.146 e. The topological polar surface area (TPSA) is 49.2 Å². The lowest BCUT2D eigenvalue weighted by Gasteiger charge is -2.35. The largest absolute Gasteiger partial charge is 0.395 e. The zero-order valence-electron chi connectivity index (χ0n) is 9.85. The lowest BCUT2D eigenvalue weighted by atomic mass is 9.94. The van der Waals surface area contributed by atoms with Gasteiger partial charge in [-0.3, -0.25) is 0 Å². The van der Waals surface area contributed by atoms with Gasteiger partial charge in [0.1, 0.15) is 12.1 Å². The highest BCUT2D eigenvalue weighted by atomic mass is 79.9. The van der Waals surface area contributed by atoms with Crippen LogP contribution in [0.3, 0.4) is 0 Å². The smallest absolute Gasteiger partial charge is 0.146 e. The Morgan fingerprint density at radius 1 is 1.35 bits per heavy atom.